The second kappa shape index (κ2) is 5.71. The molecule has 0 fully saturated rings. The summed E-state index contributed by atoms with van der Waals surface area (Å²) in [5.74, 6) is -0.736. The van der Waals surface area contributed by atoms with E-state index in [0.29, 0.717) is 0 Å². The van der Waals surface area contributed by atoms with Crippen LogP contribution >= 0.6 is 0 Å². The Morgan fingerprint density at radius 1 is 1.53 bits per heavy atom. The van der Waals surface area contributed by atoms with E-state index in [9.17, 15) is 9.90 Å². The van der Waals surface area contributed by atoms with Crippen LogP contribution in [-0.2, 0) is 4.79 Å². The molecule has 1 N–H and O–H groups in total. The van der Waals surface area contributed by atoms with Crippen molar-refractivity contribution in [3.63, 3.8) is 0 Å². The number of likely N-dealkylation sites (N-methyl/N-ethyl adjacent to an activating group) is 1. The molecule has 0 spiro atoms. The zero-order valence-corrected chi connectivity index (χ0v) is 9.44. The van der Waals surface area contributed by atoms with Gasteiger partial charge in [-0.3, -0.25) is 9.69 Å². The van der Waals surface area contributed by atoms with Crippen LogP contribution in [0.2, 0.25) is 0 Å². The molecular weight excluding hydrogens is 190 g/mol. The van der Waals surface area contributed by atoms with Gasteiger partial charge in [0.05, 0.1) is 0 Å². The lowest BCUT2D eigenvalue weighted by molar-refractivity contribution is -0.141. The van der Waals surface area contributed by atoms with E-state index in [1.807, 2.05) is 30.9 Å². The van der Waals surface area contributed by atoms with Crippen molar-refractivity contribution in [2.45, 2.75) is 32.7 Å². The van der Waals surface area contributed by atoms with Crippen molar-refractivity contribution in [2.75, 3.05) is 13.1 Å². The summed E-state index contributed by atoms with van der Waals surface area (Å²) in [5.41, 5.74) is 1.02. The fourth-order valence-electron chi connectivity index (χ4n) is 1.99. The molecule has 3 nitrogen and oxygen atoms in total. The number of allylic oxidation sites excluding steroid dienone is 3. The molecule has 0 aliphatic heterocycles. The van der Waals surface area contributed by atoms with Crippen LogP contribution in [-0.4, -0.2) is 35.1 Å². The Hall–Kier alpha value is -1.09. The lowest BCUT2D eigenvalue weighted by Crippen LogP contribution is -2.42. The lowest BCUT2D eigenvalue weighted by atomic mass is 9.96. The first kappa shape index (κ1) is 12.0. The minimum absolute atomic E-state index is 0.440. The van der Waals surface area contributed by atoms with E-state index < -0.39 is 12.0 Å². The lowest BCUT2D eigenvalue weighted by Gasteiger charge is -2.28. The van der Waals surface area contributed by atoms with Gasteiger partial charge < -0.3 is 5.11 Å². The molecule has 0 saturated carbocycles. The van der Waals surface area contributed by atoms with Crippen molar-refractivity contribution in [2.24, 2.45) is 0 Å². The van der Waals surface area contributed by atoms with Crippen LogP contribution in [0.1, 0.15) is 26.7 Å². The predicted octanol–water partition coefficient (Wildman–Crippen LogP) is 2.06. The van der Waals surface area contributed by atoms with Crippen LogP contribution in [0.15, 0.2) is 23.8 Å². The molecule has 3 heteroatoms. The third-order valence-corrected chi connectivity index (χ3v) is 2.81. The van der Waals surface area contributed by atoms with Gasteiger partial charge in [-0.25, -0.2) is 0 Å². The Morgan fingerprint density at radius 3 is 2.60 bits per heavy atom. The molecule has 1 aliphatic carbocycles. The van der Waals surface area contributed by atoms with Gasteiger partial charge in [0, 0.05) is 0 Å². The molecule has 0 bridgehead atoms. The molecule has 0 aromatic carbocycles. The highest BCUT2D eigenvalue weighted by Gasteiger charge is 2.27. The third-order valence-electron chi connectivity index (χ3n) is 2.81. The Balaban J connectivity index is 2.85. The van der Waals surface area contributed by atoms with Gasteiger partial charge in [0.1, 0.15) is 6.04 Å². The number of carboxylic acids is 1. The molecule has 84 valence electrons. The molecule has 0 saturated heterocycles. The molecule has 0 aromatic rings. The SMILES string of the molecule is CCN(CC)[C@@H](C(=O)O)C1=CC=CCC1. The maximum atomic E-state index is 11.3. The van der Waals surface area contributed by atoms with E-state index in [1.165, 1.54) is 0 Å². The Labute approximate surface area is 91.1 Å². The van der Waals surface area contributed by atoms with Crippen molar-refractivity contribution in [3.8, 4) is 0 Å². The number of rotatable bonds is 5. The maximum Gasteiger partial charge on any atom is 0.325 e. The van der Waals surface area contributed by atoms with Gasteiger partial charge in [0.15, 0.2) is 0 Å². The molecular formula is C12H19NO2. The Bertz CT molecular complexity index is 277. The standard InChI is InChI=1S/C12H19NO2/c1-3-13(4-2)11(12(14)15)10-8-6-5-7-9-10/h5-6,8,11H,3-4,7,9H2,1-2H3,(H,14,15)/t11-/m1/s1. The Morgan fingerprint density at radius 2 is 2.20 bits per heavy atom. The average Bonchev–Trinajstić information content (AvgIpc) is 2.26. The molecule has 0 amide bonds. The van der Waals surface area contributed by atoms with Crippen molar-refractivity contribution in [1.82, 2.24) is 4.90 Å². The maximum absolute atomic E-state index is 11.3. The molecule has 0 radical (unpaired) electrons. The summed E-state index contributed by atoms with van der Waals surface area (Å²) in [4.78, 5) is 13.2. The fraction of sp³-hybridized carbons (Fsp3) is 0.583. The van der Waals surface area contributed by atoms with Gasteiger partial charge in [-0.1, -0.05) is 32.1 Å². The quantitative estimate of drug-likeness (QED) is 0.753. The van der Waals surface area contributed by atoms with E-state index >= 15 is 0 Å². The average molecular weight is 209 g/mol. The zero-order chi connectivity index (χ0) is 11.3. The minimum Gasteiger partial charge on any atom is -0.480 e. The summed E-state index contributed by atoms with van der Waals surface area (Å²) < 4.78 is 0. The first-order chi connectivity index (χ1) is 7.20. The predicted molar refractivity (Wildman–Crippen MR) is 60.8 cm³/mol. The molecule has 0 aromatic heterocycles. The summed E-state index contributed by atoms with van der Waals surface area (Å²) >= 11 is 0. The van der Waals surface area contributed by atoms with Gasteiger partial charge in [-0.15, -0.1) is 0 Å². The van der Waals surface area contributed by atoms with Crippen LogP contribution in [0.5, 0.6) is 0 Å². The van der Waals surface area contributed by atoms with Gasteiger partial charge in [-0.05, 0) is 31.5 Å². The van der Waals surface area contributed by atoms with Crippen LogP contribution in [0, 0.1) is 0 Å². The van der Waals surface area contributed by atoms with E-state index in [-0.39, 0.29) is 0 Å². The van der Waals surface area contributed by atoms with E-state index in [1.54, 1.807) is 0 Å². The smallest absolute Gasteiger partial charge is 0.325 e. The summed E-state index contributed by atoms with van der Waals surface area (Å²) in [6, 6.07) is -0.440. The molecule has 0 heterocycles. The van der Waals surface area contributed by atoms with Crippen molar-refractivity contribution in [3.05, 3.63) is 23.8 Å². The number of aliphatic carboxylic acids is 1. The normalized spacial score (nSPS) is 17.7. The number of carboxylic acid groups (broad SMARTS) is 1. The van der Waals surface area contributed by atoms with Gasteiger partial charge in [0.2, 0.25) is 0 Å². The molecule has 0 unspecified atom stereocenters. The number of hydrogen-bond donors (Lipinski definition) is 1. The van der Waals surface area contributed by atoms with Crippen LogP contribution in [0.3, 0.4) is 0 Å². The zero-order valence-electron chi connectivity index (χ0n) is 9.44. The van der Waals surface area contributed by atoms with Crippen molar-refractivity contribution in [1.29, 1.82) is 0 Å². The van der Waals surface area contributed by atoms with Crippen LogP contribution in [0.4, 0.5) is 0 Å². The number of nitrogens with zero attached hydrogens (tertiary/aromatic N) is 1. The van der Waals surface area contributed by atoms with Gasteiger partial charge >= 0.3 is 5.97 Å². The topological polar surface area (TPSA) is 40.5 Å². The van der Waals surface area contributed by atoms with Gasteiger partial charge in [0.25, 0.3) is 0 Å². The van der Waals surface area contributed by atoms with Crippen molar-refractivity contribution < 1.29 is 9.90 Å². The first-order valence-corrected chi connectivity index (χ1v) is 5.53. The van der Waals surface area contributed by atoms with Crippen LogP contribution < -0.4 is 0 Å². The summed E-state index contributed by atoms with van der Waals surface area (Å²) in [7, 11) is 0. The highest BCUT2D eigenvalue weighted by Crippen LogP contribution is 2.20. The highest BCUT2D eigenvalue weighted by molar-refractivity contribution is 5.77. The largest absolute Gasteiger partial charge is 0.480 e. The second-order valence-corrected chi connectivity index (χ2v) is 3.67. The summed E-state index contributed by atoms with van der Waals surface area (Å²) in [5, 5.41) is 9.25. The van der Waals surface area contributed by atoms with Crippen molar-refractivity contribution >= 4 is 5.97 Å². The number of carbonyl (C=O) groups is 1. The minimum atomic E-state index is -0.736. The molecule has 15 heavy (non-hydrogen) atoms. The monoisotopic (exact) mass is 209 g/mol. The molecule has 1 rings (SSSR count). The van der Waals surface area contributed by atoms with Crippen LogP contribution in [0.25, 0.3) is 0 Å². The first-order valence-electron chi connectivity index (χ1n) is 5.53. The van der Waals surface area contributed by atoms with Gasteiger partial charge in [-0.2, -0.15) is 0 Å². The molecule has 1 atom stereocenters. The third kappa shape index (κ3) is 2.93. The highest BCUT2D eigenvalue weighted by atomic mass is 16.4. The Kier molecular flexibility index (Phi) is 4.56. The fourth-order valence-corrected chi connectivity index (χ4v) is 1.99. The van der Waals surface area contributed by atoms with E-state index in [4.69, 9.17) is 0 Å². The summed E-state index contributed by atoms with van der Waals surface area (Å²) in [6.45, 7) is 5.54. The number of hydrogen-bond acceptors (Lipinski definition) is 2. The van der Waals surface area contributed by atoms with E-state index in [0.717, 1.165) is 31.5 Å². The summed E-state index contributed by atoms with van der Waals surface area (Å²) in [6.07, 6.45) is 7.80. The second-order valence-electron chi connectivity index (χ2n) is 3.67. The van der Waals surface area contributed by atoms with E-state index in [2.05, 4.69) is 6.08 Å². The molecule has 1 aliphatic rings.